The van der Waals surface area contributed by atoms with E-state index in [0.29, 0.717) is 17.7 Å². The highest BCUT2D eigenvalue weighted by Gasteiger charge is 2.11. The zero-order chi connectivity index (χ0) is 21.1. The van der Waals surface area contributed by atoms with E-state index < -0.39 is 31.1 Å². The summed E-state index contributed by atoms with van der Waals surface area (Å²) in [6, 6.07) is 14.8. The zero-order valence-electron chi connectivity index (χ0n) is 16.0. The summed E-state index contributed by atoms with van der Waals surface area (Å²) in [4.78, 5) is 46.5. The first-order valence-electron chi connectivity index (χ1n) is 9.01. The third-order valence-electron chi connectivity index (χ3n) is 3.77. The lowest BCUT2D eigenvalue weighted by Gasteiger charge is -2.09. The lowest BCUT2D eigenvalue weighted by Crippen LogP contribution is -2.41. The molecule has 0 aliphatic carbocycles. The van der Waals surface area contributed by atoms with E-state index in [2.05, 4.69) is 10.6 Å². The van der Waals surface area contributed by atoms with Crippen LogP contribution < -0.4 is 15.4 Å². The third-order valence-corrected chi connectivity index (χ3v) is 3.77. The molecule has 0 saturated carbocycles. The van der Waals surface area contributed by atoms with Crippen molar-refractivity contribution >= 4 is 23.7 Å². The highest BCUT2D eigenvalue weighted by atomic mass is 16.6. The quantitative estimate of drug-likeness (QED) is 0.495. The standard InChI is InChI=1S/C21H22N2O6/c1-2-18(24)16-8-10-17(11-9-16)28-14-20(26)29-13-19(25)23-21(27)22-12-15-6-4-3-5-7-15/h3-11H,2,12-14H2,1H3,(H2,22,23,25,27). The van der Waals surface area contributed by atoms with E-state index in [1.807, 2.05) is 30.3 Å². The van der Waals surface area contributed by atoms with Crippen LogP contribution in [-0.2, 0) is 20.9 Å². The summed E-state index contributed by atoms with van der Waals surface area (Å²) in [6.45, 7) is 1.02. The minimum Gasteiger partial charge on any atom is -0.482 e. The van der Waals surface area contributed by atoms with Gasteiger partial charge in [0.1, 0.15) is 5.75 Å². The molecule has 2 aromatic rings. The summed E-state index contributed by atoms with van der Waals surface area (Å²) in [5, 5.41) is 4.58. The molecule has 29 heavy (non-hydrogen) atoms. The van der Waals surface area contributed by atoms with Crippen molar-refractivity contribution in [1.29, 1.82) is 0 Å². The maximum atomic E-state index is 11.7. The van der Waals surface area contributed by atoms with Gasteiger partial charge in [-0.1, -0.05) is 37.3 Å². The lowest BCUT2D eigenvalue weighted by atomic mass is 10.1. The van der Waals surface area contributed by atoms with E-state index in [1.54, 1.807) is 31.2 Å². The van der Waals surface area contributed by atoms with Crippen molar-refractivity contribution in [2.24, 2.45) is 0 Å². The highest BCUT2D eigenvalue weighted by molar-refractivity contribution is 5.96. The Balaban J connectivity index is 1.64. The smallest absolute Gasteiger partial charge is 0.344 e. The fraction of sp³-hybridized carbons (Fsp3) is 0.238. The van der Waals surface area contributed by atoms with Crippen LogP contribution in [0.15, 0.2) is 54.6 Å². The second-order valence-corrected chi connectivity index (χ2v) is 5.97. The van der Waals surface area contributed by atoms with Crippen LogP contribution in [0.1, 0.15) is 29.3 Å². The summed E-state index contributed by atoms with van der Waals surface area (Å²) >= 11 is 0. The Morgan fingerprint density at radius 3 is 2.24 bits per heavy atom. The zero-order valence-corrected chi connectivity index (χ0v) is 16.0. The minimum absolute atomic E-state index is 0.00905. The van der Waals surface area contributed by atoms with Gasteiger partial charge in [0.25, 0.3) is 5.91 Å². The van der Waals surface area contributed by atoms with Crippen molar-refractivity contribution in [3.63, 3.8) is 0 Å². The van der Waals surface area contributed by atoms with Gasteiger partial charge in [-0.15, -0.1) is 0 Å². The van der Waals surface area contributed by atoms with Gasteiger partial charge < -0.3 is 14.8 Å². The number of benzene rings is 2. The molecule has 8 nitrogen and oxygen atoms in total. The van der Waals surface area contributed by atoms with Crippen LogP contribution in [0.2, 0.25) is 0 Å². The molecule has 0 aliphatic rings. The molecule has 0 saturated heterocycles. The Kier molecular flexibility index (Phi) is 8.37. The molecular formula is C21H22N2O6. The summed E-state index contributed by atoms with van der Waals surface area (Å²) in [5.41, 5.74) is 1.44. The van der Waals surface area contributed by atoms with E-state index in [-0.39, 0.29) is 12.3 Å². The van der Waals surface area contributed by atoms with Gasteiger partial charge in [-0.05, 0) is 29.8 Å². The molecule has 152 valence electrons. The number of imide groups is 1. The molecule has 0 aromatic heterocycles. The van der Waals surface area contributed by atoms with Gasteiger partial charge in [0.2, 0.25) is 0 Å². The lowest BCUT2D eigenvalue weighted by molar-refractivity contribution is -0.150. The second kappa shape index (κ2) is 11.2. The summed E-state index contributed by atoms with van der Waals surface area (Å²) in [6.07, 6.45) is 0.402. The van der Waals surface area contributed by atoms with Crippen LogP contribution in [0.4, 0.5) is 4.79 Å². The average molecular weight is 398 g/mol. The Labute approximate surface area is 168 Å². The molecule has 3 amide bonds. The van der Waals surface area contributed by atoms with Crippen LogP contribution in [0.3, 0.4) is 0 Å². The monoisotopic (exact) mass is 398 g/mol. The minimum atomic E-state index is -0.765. The maximum Gasteiger partial charge on any atom is 0.344 e. The molecule has 2 aromatic carbocycles. The van der Waals surface area contributed by atoms with Crippen LogP contribution in [0.25, 0.3) is 0 Å². The molecule has 0 fully saturated rings. The molecule has 0 unspecified atom stereocenters. The van der Waals surface area contributed by atoms with Crippen LogP contribution in [-0.4, -0.2) is 36.9 Å². The van der Waals surface area contributed by atoms with Crippen LogP contribution in [0.5, 0.6) is 5.75 Å². The number of nitrogens with one attached hydrogen (secondary N) is 2. The first-order valence-corrected chi connectivity index (χ1v) is 9.01. The average Bonchev–Trinajstić information content (AvgIpc) is 2.75. The van der Waals surface area contributed by atoms with E-state index in [0.717, 1.165) is 5.56 Å². The van der Waals surface area contributed by atoms with E-state index in [4.69, 9.17) is 9.47 Å². The fourth-order valence-electron chi connectivity index (χ4n) is 2.26. The summed E-state index contributed by atoms with van der Waals surface area (Å²) in [5.74, 6) is -1.13. The summed E-state index contributed by atoms with van der Waals surface area (Å²) in [7, 11) is 0. The molecule has 0 radical (unpaired) electrons. The van der Waals surface area contributed by atoms with Crippen molar-refractivity contribution in [3.05, 3.63) is 65.7 Å². The Morgan fingerprint density at radius 1 is 0.897 bits per heavy atom. The van der Waals surface area contributed by atoms with E-state index in [9.17, 15) is 19.2 Å². The molecule has 0 spiro atoms. The molecule has 8 heteroatoms. The second-order valence-electron chi connectivity index (χ2n) is 5.97. The molecule has 2 N–H and O–H groups in total. The van der Waals surface area contributed by atoms with Crippen molar-refractivity contribution < 1.29 is 28.7 Å². The molecule has 0 atom stereocenters. The molecular weight excluding hydrogens is 376 g/mol. The highest BCUT2D eigenvalue weighted by Crippen LogP contribution is 2.13. The van der Waals surface area contributed by atoms with Gasteiger partial charge in [-0.25, -0.2) is 9.59 Å². The third kappa shape index (κ3) is 7.84. The van der Waals surface area contributed by atoms with Gasteiger partial charge in [0, 0.05) is 18.5 Å². The predicted octanol–water partition coefficient (Wildman–Crippen LogP) is 2.23. The van der Waals surface area contributed by atoms with Gasteiger partial charge >= 0.3 is 12.0 Å². The number of hydrogen-bond donors (Lipinski definition) is 2. The predicted molar refractivity (Wildman–Crippen MR) is 104 cm³/mol. The maximum absolute atomic E-state index is 11.7. The number of amides is 3. The van der Waals surface area contributed by atoms with Crippen LogP contribution in [0, 0.1) is 0 Å². The number of hydrogen-bond acceptors (Lipinski definition) is 6. The van der Waals surface area contributed by atoms with Gasteiger partial charge in [-0.3, -0.25) is 14.9 Å². The SMILES string of the molecule is CCC(=O)c1ccc(OCC(=O)OCC(=O)NC(=O)NCc2ccccc2)cc1. The van der Waals surface area contributed by atoms with Crippen molar-refractivity contribution in [2.45, 2.75) is 19.9 Å². The Bertz CT molecular complexity index is 849. The van der Waals surface area contributed by atoms with Crippen molar-refractivity contribution in [2.75, 3.05) is 13.2 Å². The van der Waals surface area contributed by atoms with Gasteiger partial charge in [0.15, 0.2) is 19.0 Å². The topological polar surface area (TPSA) is 111 Å². The first kappa shape index (κ1) is 21.6. The summed E-state index contributed by atoms with van der Waals surface area (Å²) < 4.78 is 10.00. The number of carbonyl (C=O) groups excluding carboxylic acids is 4. The molecule has 0 bridgehead atoms. The number of urea groups is 1. The number of ketones is 1. The van der Waals surface area contributed by atoms with Crippen molar-refractivity contribution in [1.82, 2.24) is 10.6 Å². The van der Waals surface area contributed by atoms with E-state index in [1.165, 1.54) is 0 Å². The normalized spacial score (nSPS) is 9.97. The first-order chi connectivity index (χ1) is 14.0. The number of carbonyl (C=O) groups is 4. The number of esters is 1. The molecule has 2 rings (SSSR count). The van der Waals surface area contributed by atoms with Gasteiger partial charge in [0.05, 0.1) is 0 Å². The number of ether oxygens (including phenoxy) is 2. The number of Topliss-reactive ketones (excluding diaryl/α,β-unsaturated/α-hetero) is 1. The molecule has 0 heterocycles. The van der Waals surface area contributed by atoms with Crippen LogP contribution >= 0.6 is 0 Å². The van der Waals surface area contributed by atoms with Gasteiger partial charge in [-0.2, -0.15) is 0 Å². The fourth-order valence-corrected chi connectivity index (χ4v) is 2.26. The Hall–Kier alpha value is -3.68. The number of rotatable bonds is 9. The Morgan fingerprint density at radius 2 is 1.59 bits per heavy atom. The molecule has 0 aliphatic heterocycles. The largest absolute Gasteiger partial charge is 0.482 e. The van der Waals surface area contributed by atoms with Crippen molar-refractivity contribution in [3.8, 4) is 5.75 Å². The van der Waals surface area contributed by atoms with E-state index >= 15 is 0 Å².